The van der Waals surface area contributed by atoms with E-state index in [1.807, 2.05) is 18.2 Å². The van der Waals surface area contributed by atoms with Gasteiger partial charge in [0.05, 0.1) is 12.7 Å². The SMILES string of the molecule is CCc1ccc2c(CNc3ccc(C(=O)OC)cc3)cc(=O)oc2c1. The summed E-state index contributed by atoms with van der Waals surface area (Å²) in [4.78, 5) is 23.3. The second-order valence-corrected chi connectivity index (χ2v) is 5.70. The van der Waals surface area contributed by atoms with E-state index in [2.05, 4.69) is 17.0 Å². The summed E-state index contributed by atoms with van der Waals surface area (Å²) in [6.07, 6.45) is 0.884. The van der Waals surface area contributed by atoms with Crippen molar-refractivity contribution in [3.05, 3.63) is 75.6 Å². The van der Waals surface area contributed by atoms with Crippen LogP contribution in [0.4, 0.5) is 5.69 Å². The van der Waals surface area contributed by atoms with Crippen molar-refractivity contribution >= 4 is 22.6 Å². The zero-order valence-corrected chi connectivity index (χ0v) is 14.2. The first-order valence-electron chi connectivity index (χ1n) is 8.08. The van der Waals surface area contributed by atoms with Crippen LogP contribution in [0, 0.1) is 0 Å². The number of esters is 1. The lowest BCUT2D eigenvalue weighted by atomic mass is 10.1. The van der Waals surface area contributed by atoms with Gasteiger partial charge in [0.25, 0.3) is 0 Å². The van der Waals surface area contributed by atoms with Crippen molar-refractivity contribution in [1.29, 1.82) is 0 Å². The van der Waals surface area contributed by atoms with Crippen LogP contribution in [-0.2, 0) is 17.7 Å². The molecule has 0 saturated heterocycles. The van der Waals surface area contributed by atoms with E-state index in [1.54, 1.807) is 24.3 Å². The molecule has 1 heterocycles. The molecule has 0 aliphatic carbocycles. The number of rotatable bonds is 5. The highest BCUT2D eigenvalue weighted by molar-refractivity contribution is 5.89. The Kier molecular flexibility index (Phi) is 4.84. The van der Waals surface area contributed by atoms with Crippen LogP contribution in [0.2, 0.25) is 0 Å². The number of nitrogens with one attached hydrogen (secondary N) is 1. The van der Waals surface area contributed by atoms with Crippen LogP contribution in [0.1, 0.15) is 28.4 Å². The van der Waals surface area contributed by atoms with Gasteiger partial charge in [0.15, 0.2) is 0 Å². The summed E-state index contributed by atoms with van der Waals surface area (Å²) in [7, 11) is 1.35. The molecule has 0 atom stereocenters. The van der Waals surface area contributed by atoms with Crippen LogP contribution < -0.4 is 10.9 Å². The Morgan fingerprint density at radius 3 is 2.56 bits per heavy atom. The maximum absolute atomic E-state index is 11.8. The van der Waals surface area contributed by atoms with Gasteiger partial charge in [0.2, 0.25) is 0 Å². The number of benzene rings is 2. The van der Waals surface area contributed by atoms with E-state index < -0.39 is 0 Å². The van der Waals surface area contributed by atoms with Crippen LogP contribution in [0.25, 0.3) is 11.0 Å². The van der Waals surface area contributed by atoms with Crippen molar-refractivity contribution in [1.82, 2.24) is 0 Å². The summed E-state index contributed by atoms with van der Waals surface area (Å²) in [6, 6.07) is 14.4. The lowest BCUT2D eigenvalue weighted by molar-refractivity contribution is 0.0601. The monoisotopic (exact) mass is 337 g/mol. The van der Waals surface area contributed by atoms with E-state index in [9.17, 15) is 9.59 Å². The summed E-state index contributed by atoms with van der Waals surface area (Å²) >= 11 is 0. The average Bonchev–Trinajstić information content (AvgIpc) is 2.65. The quantitative estimate of drug-likeness (QED) is 0.567. The number of aryl methyl sites for hydroxylation is 1. The highest BCUT2D eigenvalue weighted by atomic mass is 16.5. The van der Waals surface area contributed by atoms with Gasteiger partial charge in [-0.05, 0) is 47.9 Å². The molecule has 3 rings (SSSR count). The zero-order chi connectivity index (χ0) is 17.8. The summed E-state index contributed by atoms with van der Waals surface area (Å²) in [5.74, 6) is -0.370. The fourth-order valence-corrected chi connectivity index (χ4v) is 2.68. The van der Waals surface area contributed by atoms with E-state index in [1.165, 1.54) is 13.2 Å². The molecule has 0 saturated carbocycles. The topological polar surface area (TPSA) is 68.5 Å². The summed E-state index contributed by atoms with van der Waals surface area (Å²) < 4.78 is 10.00. The Balaban J connectivity index is 1.83. The van der Waals surface area contributed by atoms with Gasteiger partial charge in [-0.2, -0.15) is 0 Å². The number of ether oxygens (including phenoxy) is 1. The van der Waals surface area contributed by atoms with Crippen molar-refractivity contribution < 1.29 is 13.9 Å². The van der Waals surface area contributed by atoms with Gasteiger partial charge in [-0.15, -0.1) is 0 Å². The van der Waals surface area contributed by atoms with Gasteiger partial charge in [-0.1, -0.05) is 19.1 Å². The molecule has 0 amide bonds. The van der Waals surface area contributed by atoms with Gasteiger partial charge in [0, 0.05) is 23.7 Å². The smallest absolute Gasteiger partial charge is 0.337 e. The Bertz CT molecular complexity index is 958. The van der Waals surface area contributed by atoms with Crippen molar-refractivity contribution in [3.8, 4) is 0 Å². The normalized spacial score (nSPS) is 10.6. The molecule has 1 aromatic heterocycles. The Hall–Kier alpha value is -3.08. The largest absolute Gasteiger partial charge is 0.465 e. The third-order valence-corrected chi connectivity index (χ3v) is 4.09. The number of hydrogen-bond donors (Lipinski definition) is 1. The molecule has 3 aromatic rings. The van der Waals surface area contributed by atoms with Gasteiger partial charge >= 0.3 is 11.6 Å². The van der Waals surface area contributed by atoms with Gasteiger partial charge < -0.3 is 14.5 Å². The van der Waals surface area contributed by atoms with Crippen LogP contribution in [0.5, 0.6) is 0 Å². The van der Waals surface area contributed by atoms with Crippen molar-refractivity contribution in [3.63, 3.8) is 0 Å². The molecule has 1 N–H and O–H groups in total. The standard InChI is InChI=1S/C20H19NO4/c1-3-13-4-9-17-15(11-19(22)25-18(17)10-13)12-21-16-7-5-14(6-8-16)20(23)24-2/h4-11,21H,3,12H2,1-2H3. The highest BCUT2D eigenvalue weighted by Gasteiger charge is 2.08. The number of hydrogen-bond acceptors (Lipinski definition) is 5. The van der Waals surface area contributed by atoms with Gasteiger partial charge in [-0.25, -0.2) is 9.59 Å². The van der Waals surface area contributed by atoms with E-state index in [0.29, 0.717) is 17.7 Å². The first-order valence-corrected chi connectivity index (χ1v) is 8.08. The number of carbonyl (C=O) groups excluding carboxylic acids is 1. The fourth-order valence-electron chi connectivity index (χ4n) is 2.68. The lowest BCUT2D eigenvalue weighted by Gasteiger charge is -2.10. The number of carbonyl (C=O) groups is 1. The van der Waals surface area contributed by atoms with Crippen LogP contribution in [0.15, 0.2) is 57.7 Å². The Labute approximate surface area is 145 Å². The highest BCUT2D eigenvalue weighted by Crippen LogP contribution is 2.20. The molecule has 5 nitrogen and oxygen atoms in total. The van der Waals surface area contributed by atoms with Crippen LogP contribution >= 0.6 is 0 Å². The molecule has 25 heavy (non-hydrogen) atoms. The third-order valence-electron chi connectivity index (χ3n) is 4.09. The zero-order valence-electron chi connectivity index (χ0n) is 14.2. The minimum Gasteiger partial charge on any atom is -0.465 e. The summed E-state index contributed by atoms with van der Waals surface area (Å²) in [5.41, 5.74) is 3.57. The molecule has 0 radical (unpaired) electrons. The predicted octanol–water partition coefficient (Wildman–Crippen LogP) is 3.75. The number of anilines is 1. The van der Waals surface area contributed by atoms with E-state index in [-0.39, 0.29) is 11.6 Å². The Morgan fingerprint density at radius 2 is 1.88 bits per heavy atom. The molecule has 0 unspecified atom stereocenters. The molecular formula is C20H19NO4. The minimum atomic E-state index is -0.370. The third kappa shape index (κ3) is 3.71. The second-order valence-electron chi connectivity index (χ2n) is 5.70. The lowest BCUT2D eigenvalue weighted by Crippen LogP contribution is -2.06. The van der Waals surface area contributed by atoms with Gasteiger partial charge in [0.1, 0.15) is 5.58 Å². The van der Waals surface area contributed by atoms with Crippen molar-refractivity contribution in [2.24, 2.45) is 0 Å². The van der Waals surface area contributed by atoms with Crippen molar-refractivity contribution in [2.45, 2.75) is 19.9 Å². The molecule has 128 valence electrons. The number of methoxy groups -OCH3 is 1. The molecule has 2 aromatic carbocycles. The van der Waals surface area contributed by atoms with Gasteiger partial charge in [-0.3, -0.25) is 0 Å². The first-order chi connectivity index (χ1) is 12.1. The fraction of sp³-hybridized carbons (Fsp3) is 0.200. The van der Waals surface area contributed by atoms with E-state index >= 15 is 0 Å². The predicted molar refractivity (Wildman–Crippen MR) is 97.0 cm³/mol. The maximum Gasteiger partial charge on any atom is 0.337 e. The molecule has 0 aliphatic heterocycles. The molecule has 0 fully saturated rings. The Morgan fingerprint density at radius 1 is 1.12 bits per heavy atom. The molecule has 0 aliphatic rings. The maximum atomic E-state index is 11.8. The molecule has 0 spiro atoms. The molecule has 0 bridgehead atoms. The first kappa shape index (κ1) is 16.8. The number of fused-ring (bicyclic) bond motifs is 1. The van der Waals surface area contributed by atoms with E-state index in [4.69, 9.17) is 4.42 Å². The summed E-state index contributed by atoms with van der Waals surface area (Å²) in [5, 5.41) is 4.17. The van der Waals surface area contributed by atoms with Crippen LogP contribution in [-0.4, -0.2) is 13.1 Å². The average molecular weight is 337 g/mol. The minimum absolute atomic E-state index is 0.362. The molecule has 5 heteroatoms. The van der Waals surface area contributed by atoms with Crippen LogP contribution in [0.3, 0.4) is 0 Å². The van der Waals surface area contributed by atoms with E-state index in [0.717, 1.165) is 28.6 Å². The summed E-state index contributed by atoms with van der Waals surface area (Å²) in [6.45, 7) is 2.54. The van der Waals surface area contributed by atoms with Crippen molar-refractivity contribution in [2.75, 3.05) is 12.4 Å². The molecular weight excluding hydrogens is 318 g/mol. The second kappa shape index (κ2) is 7.21.